The van der Waals surface area contributed by atoms with E-state index in [1.807, 2.05) is 12.1 Å². The van der Waals surface area contributed by atoms with Crippen LogP contribution in [0.2, 0.25) is 5.02 Å². The molecule has 0 fully saturated rings. The van der Waals surface area contributed by atoms with E-state index in [0.717, 1.165) is 11.1 Å². The topological polar surface area (TPSA) is 46.3 Å². The van der Waals surface area contributed by atoms with Gasteiger partial charge in [0.2, 0.25) is 5.91 Å². The zero-order chi connectivity index (χ0) is 18.5. The predicted molar refractivity (Wildman–Crippen MR) is 98.1 cm³/mol. The molecule has 0 bridgehead atoms. The third kappa shape index (κ3) is 4.70. The first kappa shape index (κ1) is 18.1. The lowest BCUT2D eigenvalue weighted by molar-refractivity contribution is -0.130. The van der Waals surface area contributed by atoms with Gasteiger partial charge in [-0.15, -0.1) is 0 Å². The van der Waals surface area contributed by atoms with Crippen molar-refractivity contribution in [1.29, 1.82) is 0 Å². The van der Waals surface area contributed by atoms with Crippen LogP contribution in [0.15, 0.2) is 59.1 Å². The summed E-state index contributed by atoms with van der Waals surface area (Å²) in [5.41, 5.74) is 1.76. The SMILES string of the molecule is CN(Cc1ccc(F)cc1)C(=O)CCc1ncc(-c2ccc(Cl)cc2)o1. The van der Waals surface area contributed by atoms with Crippen LogP contribution in [-0.2, 0) is 17.8 Å². The number of hydrogen-bond donors (Lipinski definition) is 0. The van der Waals surface area contributed by atoms with Crippen LogP contribution in [0.25, 0.3) is 11.3 Å². The molecular weight excluding hydrogens is 355 g/mol. The van der Waals surface area contributed by atoms with Crippen LogP contribution in [0.5, 0.6) is 0 Å². The van der Waals surface area contributed by atoms with E-state index >= 15 is 0 Å². The van der Waals surface area contributed by atoms with Crippen molar-refractivity contribution in [2.45, 2.75) is 19.4 Å². The van der Waals surface area contributed by atoms with E-state index in [2.05, 4.69) is 4.98 Å². The smallest absolute Gasteiger partial charge is 0.223 e. The van der Waals surface area contributed by atoms with Gasteiger partial charge < -0.3 is 9.32 Å². The fourth-order valence-corrected chi connectivity index (χ4v) is 2.66. The molecule has 1 aromatic heterocycles. The lowest BCUT2D eigenvalue weighted by Gasteiger charge is -2.16. The Morgan fingerprint density at radius 2 is 1.85 bits per heavy atom. The van der Waals surface area contributed by atoms with Gasteiger partial charge in [0, 0.05) is 37.0 Å². The number of aryl methyl sites for hydroxylation is 1. The minimum absolute atomic E-state index is 0.0273. The largest absolute Gasteiger partial charge is 0.441 e. The minimum atomic E-state index is -0.289. The zero-order valence-corrected chi connectivity index (χ0v) is 15.0. The maximum absolute atomic E-state index is 12.9. The van der Waals surface area contributed by atoms with Gasteiger partial charge in [0.1, 0.15) is 5.82 Å². The normalized spacial score (nSPS) is 10.7. The van der Waals surface area contributed by atoms with Crippen LogP contribution in [0.4, 0.5) is 4.39 Å². The van der Waals surface area contributed by atoms with Gasteiger partial charge in [-0.2, -0.15) is 0 Å². The van der Waals surface area contributed by atoms with Crippen molar-refractivity contribution < 1.29 is 13.6 Å². The fraction of sp³-hybridized carbons (Fsp3) is 0.200. The van der Waals surface area contributed by atoms with E-state index in [9.17, 15) is 9.18 Å². The number of hydrogen-bond acceptors (Lipinski definition) is 3. The van der Waals surface area contributed by atoms with E-state index in [1.165, 1.54) is 12.1 Å². The molecule has 0 spiro atoms. The molecule has 134 valence electrons. The van der Waals surface area contributed by atoms with Crippen LogP contribution in [0.3, 0.4) is 0 Å². The Balaban J connectivity index is 1.54. The summed E-state index contributed by atoms with van der Waals surface area (Å²) in [6.07, 6.45) is 2.35. The number of carbonyl (C=O) groups excluding carboxylic acids is 1. The monoisotopic (exact) mass is 372 g/mol. The number of carbonyl (C=O) groups is 1. The maximum atomic E-state index is 12.9. The number of benzene rings is 2. The summed E-state index contributed by atoms with van der Waals surface area (Å²) >= 11 is 5.88. The van der Waals surface area contributed by atoms with E-state index in [1.54, 1.807) is 42.4 Å². The highest BCUT2D eigenvalue weighted by Gasteiger charge is 2.12. The summed E-state index contributed by atoms with van der Waals surface area (Å²) in [6.45, 7) is 0.431. The summed E-state index contributed by atoms with van der Waals surface area (Å²) in [5.74, 6) is 0.839. The summed E-state index contributed by atoms with van der Waals surface area (Å²) in [6, 6.07) is 13.4. The minimum Gasteiger partial charge on any atom is -0.441 e. The van der Waals surface area contributed by atoms with Crippen molar-refractivity contribution in [2.24, 2.45) is 0 Å². The number of halogens is 2. The summed E-state index contributed by atoms with van der Waals surface area (Å²) in [4.78, 5) is 18.1. The van der Waals surface area contributed by atoms with Crippen molar-refractivity contribution in [3.05, 3.63) is 77.0 Å². The molecule has 0 aliphatic carbocycles. The first-order chi connectivity index (χ1) is 12.5. The van der Waals surface area contributed by atoms with E-state index in [-0.39, 0.29) is 18.1 Å². The molecular formula is C20H18ClFN2O2. The van der Waals surface area contributed by atoms with Gasteiger partial charge in [0.15, 0.2) is 11.7 Å². The van der Waals surface area contributed by atoms with Crippen molar-refractivity contribution in [2.75, 3.05) is 7.05 Å². The van der Waals surface area contributed by atoms with Gasteiger partial charge in [-0.25, -0.2) is 9.37 Å². The van der Waals surface area contributed by atoms with Crippen molar-refractivity contribution in [3.8, 4) is 11.3 Å². The van der Waals surface area contributed by atoms with Crippen LogP contribution < -0.4 is 0 Å². The molecule has 1 heterocycles. The molecule has 0 saturated heterocycles. The Kier molecular flexibility index (Phi) is 5.68. The second-order valence-corrected chi connectivity index (χ2v) is 6.44. The second-order valence-electron chi connectivity index (χ2n) is 6.00. The van der Waals surface area contributed by atoms with Gasteiger partial charge in [0.25, 0.3) is 0 Å². The standard InChI is InChI=1S/C20H18ClFN2O2/c1-24(13-14-2-8-17(22)9-3-14)20(25)11-10-19-23-12-18(26-19)15-4-6-16(21)7-5-15/h2-9,12H,10-11,13H2,1H3. The Morgan fingerprint density at radius 1 is 1.15 bits per heavy atom. The van der Waals surface area contributed by atoms with Gasteiger partial charge in [-0.05, 0) is 42.0 Å². The molecule has 4 nitrogen and oxygen atoms in total. The average Bonchev–Trinajstić information content (AvgIpc) is 3.11. The maximum Gasteiger partial charge on any atom is 0.223 e. The molecule has 0 atom stereocenters. The van der Waals surface area contributed by atoms with E-state index in [0.29, 0.717) is 29.6 Å². The number of oxazole rings is 1. The molecule has 0 N–H and O–H groups in total. The summed E-state index contributed by atoms with van der Waals surface area (Å²) in [5, 5.41) is 0.656. The molecule has 2 aromatic carbocycles. The van der Waals surface area contributed by atoms with Crippen LogP contribution in [0.1, 0.15) is 17.9 Å². The van der Waals surface area contributed by atoms with Gasteiger partial charge in [0.05, 0.1) is 6.20 Å². The lowest BCUT2D eigenvalue weighted by Crippen LogP contribution is -2.26. The molecule has 0 aliphatic rings. The molecule has 0 unspecified atom stereocenters. The molecule has 26 heavy (non-hydrogen) atoms. The predicted octanol–water partition coefficient (Wildman–Crippen LogP) is 4.73. The molecule has 0 aliphatic heterocycles. The van der Waals surface area contributed by atoms with Crippen molar-refractivity contribution >= 4 is 17.5 Å². The Labute approximate surface area is 156 Å². The first-order valence-electron chi connectivity index (χ1n) is 8.20. The average molecular weight is 373 g/mol. The third-order valence-corrected chi connectivity index (χ3v) is 4.25. The van der Waals surface area contributed by atoms with Gasteiger partial charge in [-0.3, -0.25) is 4.79 Å². The highest BCUT2D eigenvalue weighted by atomic mass is 35.5. The number of aromatic nitrogens is 1. The van der Waals surface area contributed by atoms with Gasteiger partial charge >= 0.3 is 0 Å². The fourth-order valence-electron chi connectivity index (χ4n) is 2.53. The Morgan fingerprint density at radius 3 is 2.54 bits per heavy atom. The Bertz CT molecular complexity index is 876. The quantitative estimate of drug-likeness (QED) is 0.628. The van der Waals surface area contributed by atoms with Crippen LogP contribution in [-0.4, -0.2) is 22.8 Å². The third-order valence-electron chi connectivity index (χ3n) is 3.99. The molecule has 6 heteroatoms. The zero-order valence-electron chi connectivity index (χ0n) is 14.3. The van der Waals surface area contributed by atoms with Gasteiger partial charge in [-0.1, -0.05) is 23.7 Å². The molecule has 3 aromatic rings. The molecule has 1 amide bonds. The lowest BCUT2D eigenvalue weighted by atomic mass is 10.2. The number of rotatable bonds is 6. The number of nitrogens with zero attached hydrogens (tertiary/aromatic N) is 2. The summed E-state index contributed by atoms with van der Waals surface area (Å²) in [7, 11) is 1.72. The van der Waals surface area contributed by atoms with Crippen LogP contribution in [0, 0.1) is 5.82 Å². The van der Waals surface area contributed by atoms with E-state index < -0.39 is 0 Å². The Hall–Kier alpha value is -2.66. The summed E-state index contributed by atoms with van der Waals surface area (Å²) < 4.78 is 18.6. The van der Waals surface area contributed by atoms with Crippen LogP contribution >= 0.6 is 11.6 Å². The van der Waals surface area contributed by atoms with E-state index in [4.69, 9.17) is 16.0 Å². The first-order valence-corrected chi connectivity index (χ1v) is 8.58. The highest BCUT2D eigenvalue weighted by molar-refractivity contribution is 6.30. The van der Waals surface area contributed by atoms with Crippen molar-refractivity contribution in [1.82, 2.24) is 9.88 Å². The number of amides is 1. The molecule has 3 rings (SSSR count). The highest BCUT2D eigenvalue weighted by Crippen LogP contribution is 2.22. The second kappa shape index (κ2) is 8.15. The molecule has 0 saturated carbocycles. The van der Waals surface area contributed by atoms with Crippen molar-refractivity contribution in [3.63, 3.8) is 0 Å². The molecule has 0 radical (unpaired) electrons.